The first-order valence-electron chi connectivity index (χ1n) is 29.6. The number of phosphoric ester groups is 1. The van der Waals surface area contributed by atoms with Gasteiger partial charge >= 0.3 is 7.82 Å². The van der Waals surface area contributed by atoms with E-state index in [1.807, 2.05) is 27.2 Å². The summed E-state index contributed by atoms with van der Waals surface area (Å²) in [6.07, 6.45) is 82.7. The Labute approximate surface area is 456 Å². The minimum absolute atomic E-state index is 0.0403. The number of quaternary nitrogens is 1. The molecule has 3 atom stereocenters. The second-order valence-electron chi connectivity index (χ2n) is 20.6. The van der Waals surface area contributed by atoms with Crippen molar-refractivity contribution >= 4 is 13.7 Å². The van der Waals surface area contributed by atoms with Crippen LogP contribution in [0.3, 0.4) is 0 Å². The van der Waals surface area contributed by atoms with E-state index < -0.39 is 20.0 Å². The topological polar surface area (TPSA) is 105 Å². The van der Waals surface area contributed by atoms with Gasteiger partial charge in [0, 0.05) is 6.42 Å². The molecule has 0 rings (SSSR count). The molecule has 0 saturated carbocycles. The molecular weight excluding hydrogens is 936 g/mol. The summed E-state index contributed by atoms with van der Waals surface area (Å²) in [6, 6.07) is -0.895. The number of aliphatic hydroxyl groups excluding tert-OH is 1. The highest BCUT2D eigenvalue weighted by atomic mass is 31.2. The molecule has 74 heavy (non-hydrogen) atoms. The van der Waals surface area contributed by atoms with Crippen molar-refractivity contribution in [1.82, 2.24) is 5.32 Å². The number of hydrogen-bond donors (Lipinski definition) is 3. The predicted molar refractivity (Wildman–Crippen MR) is 322 cm³/mol. The molecule has 0 aliphatic carbocycles. The van der Waals surface area contributed by atoms with E-state index in [4.69, 9.17) is 9.05 Å². The summed E-state index contributed by atoms with van der Waals surface area (Å²) in [5, 5.41) is 13.9. The quantitative estimate of drug-likeness (QED) is 0.0243. The average molecular weight is 1050 g/mol. The van der Waals surface area contributed by atoms with E-state index >= 15 is 0 Å². The van der Waals surface area contributed by atoms with Crippen LogP contribution in [0.15, 0.2) is 134 Å². The Bertz CT molecular complexity index is 1660. The third-order valence-electron chi connectivity index (χ3n) is 12.3. The molecule has 0 aliphatic heterocycles. The van der Waals surface area contributed by atoms with Crippen molar-refractivity contribution in [2.45, 2.75) is 231 Å². The molecule has 422 valence electrons. The summed E-state index contributed by atoms with van der Waals surface area (Å²) in [4.78, 5) is 23.3. The summed E-state index contributed by atoms with van der Waals surface area (Å²) in [5.74, 6) is -0.221. The van der Waals surface area contributed by atoms with Crippen LogP contribution in [0, 0.1) is 0 Å². The monoisotopic (exact) mass is 1050 g/mol. The van der Waals surface area contributed by atoms with Crippen LogP contribution in [0.25, 0.3) is 0 Å². The first-order valence-corrected chi connectivity index (χ1v) is 31.1. The van der Waals surface area contributed by atoms with Crippen LogP contribution in [0.1, 0.15) is 219 Å². The first-order chi connectivity index (χ1) is 36.0. The summed E-state index contributed by atoms with van der Waals surface area (Å²) in [6.45, 7) is 4.64. The number of amides is 1. The number of carbonyl (C=O) groups is 1. The van der Waals surface area contributed by atoms with E-state index in [2.05, 4.69) is 141 Å². The Morgan fingerprint density at radius 3 is 1.24 bits per heavy atom. The van der Waals surface area contributed by atoms with E-state index in [1.54, 1.807) is 6.08 Å². The molecule has 8 nitrogen and oxygen atoms in total. The fourth-order valence-electron chi connectivity index (χ4n) is 7.74. The van der Waals surface area contributed by atoms with Crippen molar-refractivity contribution in [2.24, 2.45) is 0 Å². The lowest BCUT2D eigenvalue weighted by Gasteiger charge is -2.25. The van der Waals surface area contributed by atoms with Gasteiger partial charge in [-0.15, -0.1) is 0 Å². The Balaban J connectivity index is 4.39. The lowest BCUT2D eigenvalue weighted by atomic mass is 10.0. The number of carbonyl (C=O) groups excluding carboxylic acids is 1. The van der Waals surface area contributed by atoms with Crippen molar-refractivity contribution in [3.05, 3.63) is 134 Å². The molecule has 0 saturated heterocycles. The number of rotatable bonds is 52. The highest BCUT2D eigenvalue weighted by molar-refractivity contribution is 7.47. The van der Waals surface area contributed by atoms with Gasteiger partial charge < -0.3 is 19.8 Å². The number of likely N-dealkylation sites (N-methyl/N-ethyl adjacent to an activating group) is 1. The van der Waals surface area contributed by atoms with Gasteiger partial charge in [0.2, 0.25) is 5.91 Å². The second kappa shape index (κ2) is 54.4. The van der Waals surface area contributed by atoms with Gasteiger partial charge in [-0.2, -0.15) is 0 Å². The highest BCUT2D eigenvalue weighted by Crippen LogP contribution is 2.43. The summed E-state index contributed by atoms with van der Waals surface area (Å²) in [7, 11) is 1.51. The third-order valence-corrected chi connectivity index (χ3v) is 13.3. The predicted octanol–water partition coefficient (Wildman–Crippen LogP) is 18.3. The maximum Gasteiger partial charge on any atom is 0.472 e. The van der Waals surface area contributed by atoms with Crippen LogP contribution >= 0.6 is 7.82 Å². The zero-order chi connectivity index (χ0) is 54.2. The number of hydrogen-bond acceptors (Lipinski definition) is 5. The summed E-state index contributed by atoms with van der Waals surface area (Å²) in [5.41, 5.74) is 0. The largest absolute Gasteiger partial charge is 0.472 e. The fourth-order valence-corrected chi connectivity index (χ4v) is 8.47. The van der Waals surface area contributed by atoms with Gasteiger partial charge in [0.15, 0.2) is 0 Å². The fraction of sp³-hybridized carbons (Fsp3) is 0.646. The third kappa shape index (κ3) is 56.4. The van der Waals surface area contributed by atoms with Crippen LogP contribution < -0.4 is 5.32 Å². The first kappa shape index (κ1) is 70.6. The lowest BCUT2D eigenvalue weighted by molar-refractivity contribution is -0.870. The lowest BCUT2D eigenvalue weighted by Crippen LogP contribution is -2.45. The van der Waals surface area contributed by atoms with E-state index in [0.717, 1.165) is 109 Å². The molecule has 9 heteroatoms. The molecule has 0 aromatic heterocycles. The smallest absolute Gasteiger partial charge is 0.387 e. The number of unbranched alkanes of at least 4 members (excludes halogenated alkanes) is 19. The SMILES string of the molecule is CC/C=C\C/C=C\C/C=C\C/C=C\C/C=C\C/C=C\C/C=C\C/C=C\CCCCCCC(=O)NC(COP(=O)(O)OCC[N+](C)(C)C)C(O)/C=C/CC/C=C/CC/C=C/CCCCCCCCCCCCCCC. The number of allylic oxidation sites excluding steroid dienone is 21. The highest BCUT2D eigenvalue weighted by Gasteiger charge is 2.27. The molecule has 0 radical (unpaired) electrons. The minimum atomic E-state index is -4.38. The van der Waals surface area contributed by atoms with Crippen LogP contribution in [0.2, 0.25) is 0 Å². The van der Waals surface area contributed by atoms with Gasteiger partial charge in [-0.1, -0.05) is 237 Å². The van der Waals surface area contributed by atoms with E-state index in [1.165, 1.54) is 89.9 Å². The molecule has 3 unspecified atom stereocenters. The molecule has 0 aromatic rings. The van der Waals surface area contributed by atoms with Crippen molar-refractivity contribution in [1.29, 1.82) is 0 Å². The molecule has 1 amide bonds. The van der Waals surface area contributed by atoms with Gasteiger partial charge in [0.1, 0.15) is 13.2 Å². The number of phosphoric acid groups is 1. The standard InChI is InChI=1S/C65H111N2O6P/c1-6-8-10-12-14-16-18-20-22-24-26-28-30-31-32-33-34-35-37-39-41-43-45-47-49-51-53-55-57-59-65(69)66-63(62-73-74(70,71)72-61-60-67(3,4)5)64(68)58-56-54-52-50-48-46-44-42-40-38-36-29-27-25-23-21-19-17-15-13-11-9-7-2/h8,10,14,16,20,22,26,28,31-32,34-35,39-42,45,47-48,50,56,58,63-64,68H,6-7,9,11-13,15,17-19,21,23-25,27,29-30,33,36-38,43-44,46,49,51-55,57,59-62H2,1-5H3,(H-,66,69,70,71)/p+1/b10-8-,16-14-,22-20-,28-26-,32-31-,35-34-,41-39-,42-40+,47-45-,50-48+,58-56+. The van der Waals surface area contributed by atoms with Gasteiger partial charge in [-0.25, -0.2) is 4.57 Å². The molecule has 0 fully saturated rings. The second-order valence-corrected chi connectivity index (χ2v) is 22.1. The Hall–Kier alpha value is -3.36. The van der Waals surface area contributed by atoms with E-state index in [0.29, 0.717) is 17.4 Å². The maximum atomic E-state index is 13.0. The van der Waals surface area contributed by atoms with Gasteiger partial charge in [-0.3, -0.25) is 13.8 Å². The number of aliphatic hydroxyl groups is 1. The van der Waals surface area contributed by atoms with Crippen LogP contribution in [-0.4, -0.2) is 73.4 Å². The molecule has 0 heterocycles. The Kier molecular flexibility index (Phi) is 52.0. The van der Waals surface area contributed by atoms with Gasteiger partial charge in [0.05, 0.1) is 39.9 Å². The van der Waals surface area contributed by atoms with Crippen molar-refractivity contribution < 1.29 is 32.9 Å². The van der Waals surface area contributed by atoms with E-state index in [-0.39, 0.29) is 19.1 Å². The van der Waals surface area contributed by atoms with Crippen molar-refractivity contribution in [3.8, 4) is 0 Å². The molecule has 0 spiro atoms. The Morgan fingerprint density at radius 1 is 0.473 bits per heavy atom. The molecule has 0 bridgehead atoms. The zero-order valence-corrected chi connectivity index (χ0v) is 48.9. The zero-order valence-electron chi connectivity index (χ0n) is 48.0. The van der Waals surface area contributed by atoms with Crippen LogP contribution in [0.4, 0.5) is 0 Å². The minimum Gasteiger partial charge on any atom is -0.387 e. The number of nitrogens with one attached hydrogen (secondary N) is 1. The summed E-state index contributed by atoms with van der Waals surface area (Å²) < 4.78 is 23.7. The molecule has 3 N–H and O–H groups in total. The molecular formula is C65H112N2O6P+. The van der Waals surface area contributed by atoms with Crippen LogP contribution in [-0.2, 0) is 18.4 Å². The van der Waals surface area contributed by atoms with Crippen LogP contribution in [0.5, 0.6) is 0 Å². The molecule has 0 aromatic carbocycles. The maximum absolute atomic E-state index is 13.0. The number of nitrogens with zero attached hydrogens (tertiary/aromatic N) is 1. The molecule has 0 aliphatic rings. The van der Waals surface area contributed by atoms with Gasteiger partial charge in [-0.05, 0) is 109 Å². The summed E-state index contributed by atoms with van der Waals surface area (Å²) >= 11 is 0. The van der Waals surface area contributed by atoms with Crippen molar-refractivity contribution in [2.75, 3.05) is 40.9 Å². The van der Waals surface area contributed by atoms with Gasteiger partial charge in [0.25, 0.3) is 0 Å². The van der Waals surface area contributed by atoms with Crippen molar-refractivity contribution in [3.63, 3.8) is 0 Å². The average Bonchev–Trinajstić information content (AvgIpc) is 3.36. The normalized spacial score (nSPS) is 14.9. The van der Waals surface area contributed by atoms with E-state index in [9.17, 15) is 19.4 Å². The Morgan fingerprint density at radius 2 is 0.824 bits per heavy atom.